The van der Waals surface area contributed by atoms with E-state index in [-0.39, 0.29) is 0 Å². The fraction of sp³-hybridized carbons (Fsp3) is 0.308. The summed E-state index contributed by atoms with van der Waals surface area (Å²) < 4.78 is 0. The van der Waals surface area contributed by atoms with E-state index in [2.05, 4.69) is 41.9 Å². The van der Waals surface area contributed by atoms with Crippen LogP contribution in [-0.2, 0) is 0 Å². The van der Waals surface area contributed by atoms with Crippen molar-refractivity contribution in [3.8, 4) is 6.07 Å². The lowest BCUT2D eigenvalue weighted by atomic mass is 10.1. The fourth-order valence-corrected chi connectivity index (χ4v) is 1.94. The molecule has 0 amide bonds. The van der Waals surface area contributed by atoms with Gasteiger partial charge < -0.3 is 9.88 Å². The number of allylic oxidation sites excluding steroid dienone is 2. The third-order valence-corrected chi connectivity index (χ3v) is 2.73. The summed E-state index contributed by atoms with van der Waals surface area (Å²) in [4.78, 5) is 5.47. The van der Waals surface area contributed by atoms with Crippen LogP contribution in [-0.4, -0.2) is 11.5 Å². The van der Waals surface area contributed by atoms with Crippen molar-refractivity contribution < 1.29 is 0 Å². The zero-order chi connectivity index (χ0) is 11.5. The summed E-state index contributed by atoms with van der Waals surface area (Å²) in [7, 11) is 0. The van der Waals surface area contributed by atoms with Gasteiger partial charge in [0.2, 0.25) is 0 Å². The van der Waals surface area contributed by atoms with Gasteiger partial charge in [0.15, 0.2) is 0 Å². The van der Waals surface area contributed by atoms with Gasteiger partial charge in [0, 0.05) is 24.1 Å². The van der Waals surface area contributed by atoms with Crippen molar-refractivity contribution in [2.75, 3.05) is 11.4 Å². The smallest absolute Gasteiger partial charge is 0.0669 e. The van der Waals surface area contributed by atoms with Crippen LogP contribution in [0.4, 0.5) is 5.69 Å². The summed E-state index contributed by atoms with van der Waals surface area (Å²) in [6.45, 7) is 4.97. The van der Waals surface area contributed by atoms with Crippen LogP contribution < -0.4 is 4.90 Å². The van der Waals surface area contributed by atoms with Gasteiger partial charge >= 0.3 is 0 Å². The first-order valence-electron chi connectivity index (χ1n) is 5.38. The number of hydrogen-bond donors (Lipinski definition) is 1. The largest absolute Gasteiger partial charge is 0.361 e. The van der Waals surface area contributed by atoms with E-state index in [4.69, 9.17) is 5.26 Å². The number of H-pyrrole nitrogens is 1. The predicted molar refractivity (Wildman–Crippen MR) is 65.1 cm³/mol. The second-order valence-electron chi connectivity index (χ2n) is 4.04. The first-order valence-corrected chi connectivity index (χ1v) is 5.38. The minimum absolute atomic E-state index is 0.496. The van der Waals surface area contributed by atoms with Crippen LogP contribution in [0.2, 0.25) is 0 Å². The Morgan fingerprint density at radius 1 is 1.50 bits per heavy atom. The lowest BCUT2D eigenvalue weighted by Gasteiger charge is -2.21. The summed E-state index contributed by atoms with van der Waals surface area (Å²) in [5.41, 5.74) is 4.66. The van der Waals surface area contributed by atoms with Crippen LogP contribution in [0.3, 0.4) is 0 Å². The van der Waals surface area contributed by atoms with Crippen molar-refractivity contribution in [3.05, 3.63) is 41.4 Å². The fourth-order valence-electron chi connectivity index (χ4n) is 1.94. The van der Waals surface area contributed by atoms with E-state index in [1.54, 1.807) is 0 Å². The van der Waals surface area contributed by atoms with Gasteiger partial charge in [-0.05, 0) is 31.6 Å². The third kappa shape index (κ3) is 2.01. The summed E-state index contributed by atoms with van der Waals surface area (Å²) in [6.07, 6.45) is 6.65. The molecule has 2 rings (SSSR count). The van der Waals surface area contributed by atoms with E-state index in [9.17, 15) is 0 Å². The van der Waals surface area contributed by atoms with Gasteiger partial charge in [0.25, 0.3) is 0 Å². The Balaban J connectivity index is 2.14. The zero-order valence-corrected chi connectivity index (χ0v) is 9.62. The van der Waals surface area contributed by atoms with E-state index in [0.717, 1.165) is 12.1 Å². The molecule has 0 unspecified atom stereocenters. The molecule has 3 nitrogen and oxygen atoms in total. The molecule has 1 aliphatic rings. The highest BCUT2D eigenvalue weighted by Gasteiger charge is 2.10. The zero-order valence-electron chi connectivity index (χ0n) is 9.62. The molecule has 0 saturated carbocycles. The summed E-state index contributed by atoms with van der Waals surface area (Å²) >= 11 is 0. The molecule has 3 heteroatoms. The molecule has 0 aromatic carbocycles. The summed E-state index contributed by atoms with van der Waals surface area (Å²) in [6, 6.07) is 4.30. The maximum absolute atomic E-state index is 8.61. The molecule has 0 atom stereocenters. The Labute approximate surface area is 95.7 Å². The number of nitrogens with zero attached hydrogens (tertiary/aromatic N) is 2. The molecule has 2 heterocycles. The van der Waals surface area contributed by atoms with Gasteiger partial charge in [0.05, 0.1) is 18.2 Å². The van der Waals surface area contributed by atoms with Crippen LogP contribution in [0.1, 0.15) is 17.8 Å². The Morgan fingerprint density at radius 2 is 2.31 bits per heavy atom. The topological polar surface area (TPSA) is 42.8 Å². The van der Waals surface area contributed by atoms with E-state index >= 15 is 0 Å². The highest BCUT2D eigenvalue weighted by Crippen LogP contribution is 2.23. The van der Waals surface area contributed by atoms with Crippen molar-refractivity contribution in [3.63, 3.8) is 0 Å². The molecule has 1 aromatic heterocycles. The van der Waals surface area contributed by atoms with Crippen molar-refractivity contribution >= 4 is 5.69 Å². The molecule has 1 aromatic rings. The van der Waals surface area contributed by atoms with Gasteiger partial charge in [-0.15, -0.1) is 0 Å². The summed E-state index contributed by atoms with van der Waals surface area (Å²) in [5.74, 6) is 0. The van der Waals surface area contributed by atoms with Gasteiger partial charge in [-0.25, -0.2) is 0 Å². The van der Waals surface area contributed by atoms with E-state index in [1.807, 2.05) is 12.3 Å². The molecule has 1 N–H and O–H groups in total. The molecule has 0 spiro atoms. The number of nitrogens with one attached hydrogen (secondary N) is 1. The average molecular weight is 213 g/mol. The number of anilines is 1. The molecule has 0 bridgehead atoms. The van der Waals surface area contributed by atoms with E-state index < -0.39 is 0 Å². The molecular formula is C13H15N3. The number of hydrogen-bond acceptors (Lipinski definition) is 2. The van der Waals surface area contributed by atoms with Crippen LogP contribution in [0.5, 0.6) is 0 Å². The number of aromatic amines is 1. The maximum Gasteiger partial charge on any atom is 0.0669 e. The highest BCUT2D eigenvalue weighted by atomic mass is 15.1. The average Bonchev–Trinajstić information content (AvgIpc) is 2.59. The molecule has 0 saturated heterocycles. The van der Waals surface area contributed by atoms with E-state index in [0.29, 0.717) is 6.42 Å². The van der Waals surface area contributed by atoms with Crippen LogP contribution in [0.25, 0.3) is 0 Å². The first kappa shape index (κ1) is 10.6. The van der Waals surface area contributed by atoms with Crippen LogP contribution >= 0.6 is 0 Å². The molecule has 0 fully saturated rings. The molecular weight excluding hydrogens is 198 g/mol. The van der Waals surface area contributed by atoms with Gasteiger partial charge in [0.1, 0.15) is 0 Å². The number of aromatic nitrogens is 1. The number of nitriles is 1. The van der Waals surface area contributed by atoms with Crippen LogP contribution in [0, 0.1) is 25.2 Å². The molecule has 0 aliphatic carbocycles. The molecule has 1 aliphatic heterocycles. The quantitative estimate of drug-likeness (QED) is 0.820. The minimum atomic E-state index is 0.496. The molecule has 82 valence electrons. The van der Waals surface area contributed by atoms with Crippen molar-refractivity contribution in [1.29, 1.82) is 5.26 Å². The standard InChI is InChI=1S/C13H15N3/c1-10-9-13(11(2)15-10)16-7-4-12(3-6-14)5-8-16/h4-5,7,9,15H,3,8H2,1-2H3. The van der Waals surface area contributed by atoms with Crippen LogP contribution in [0.15, 0.2) is 30.0 Å². The van der Waals surface area contributed by atoms with Crippen molar-refractivity contribution in [1.82, 2.24) is 4.98 Å². The Morgan fingerprint density at radius 3 is 2.81 bits per heavy atom. The third-order valence-electron chi connectivity index (χ3n) is 2.73. The summed E-state index contributed by atoms with van der Waals surface area (Å²) in [5, 5.41) is 8.61. The Bertz CT molecular complexity index is 486. The highest BCUT2D eigenvalue weighted by molar-refractivity contribution is 5.57. The number of aryl methyl sites for hydroxylation is 2. The molecule has 16 heavy (non-hydrogen) atoms. The normalized spacial score (nSPS) is 14.8. The van der Waals surface area contributed by atoms with Crippen molar-refractivity contribution in [2.45, 2.75) is 20.3 Å². The predicted octanol–water partition coefficient (Wildman–Crippen LogP) is 2.81. The van der Waals surface area contributed by atoms with Gasteiger partial charge in [-0.3, -0.25) is 0 Å². The van der Waals surface area contributed by atoms with Crippen molar-refractivity contribution in [2.24, 2.45) is 0 Å². The monoisotopic (exact) mass is 213 g/mol. The number of rotatable bonds is 2. The SMILES string of the molecule is Cc1cc(N2C=CC(CC#N)=CC2)c(C)[nH]1. The van der Waals surface area contributed by atoms with E-state index in [1.165, 1.54) is 17.1 Å². The maximum atomic E-state index is 8.61. The lowest BCUT2D eigenvalue weighted by Crippen LogP contribution is -2.19. The lowest BCUT2D eigenvalue weighted by molar-refractivity contribution is 1.03. The Kier molecular flexibility index (Phi) is 2.82. The molecule has 0 radical (unpaired) electrons. The second kappa shape index (κ2) is 4.28. The second-order valence-corrected chi connectivity index (χ2v) is 4.04. The Hall–Kier alpha value is -1.95. The minimum Gasteiger partial charge on any atom is -0.361 e. The van der Waals surface area contributed by atoms with Gasteiger partial charge in [-0.1, -0.05) is 6.08 Å². The van der Waals surface area contributed by atoms with Gasteiger partial charge in [-0.2, -0.15) is 5.26 Å². The first-order chi connectivity index (χ1) is 7.70.